The van der Waals surface area contributed by atoms with E-state index < -0.39 is 20.0 Å². The van der Waals surface area contributed by atoms with Crippen molar-refractivity contribution in [2.24, 2.45) is 5.92 Å². The van der Waals surface area contributed by atoms with Crippen molar-refractivity contribution < 1.29 is 16.8 Å². The molecule has 1 atom stereocenters. The Hall–Kier alpha value is -1.13. The molecule has 1 unspecified atom stereocenters. The fraction of sp³-hybridized carbons (Fsp3) is 0.812. The zero-order chi connectivity index (χ0) is 18.8. The van der Waals surface area contributed by atoms with E-state index in [4.69, 9.17) is 0 Å². The standard InChI is InChI=1S/C16H28N4O4S2/c1-25(21,22)19-15-10-17-18-16(15)14-8-5-9-20(11-14)26(23,24)12-13-6-3-2-4-7-13/h10,13-14,19H,2-9,11-12H2,1H3,(H,17,18). The summed E-state index contributed by atoms with van der Waals surface area (Å²) in [5.74, 6) is 0.414. The zero-order valence-electron chi connectivity index (χ0n) is 15.1. The summed E-state index contributed by atoms with van der Waals surface area (Å²) in [5, 5.41) is 6.80. The van der Waals surface area contributed by atoms with Crippen LogP contribution >= 0.6 is 0 Å². The van der Waals surface area contributed by atoms with Crippen LogP contribution in [-0.4, -0.2) is 56.4 Å². The number of rotatable bonds is 6. The number of H-pyrrole nitrogens is 1. The summed E-state index contributed by atoms with van der Waals surface area (Å²) in [7, 11) is -6.71. The van der Waals surface area contributed by atoms with Gasteiger partial charge in [-0.2, -0.15) is 5.10 Å². The van der Waals surface area contributed by atoms with Crippen LogP contribution in [0.4, 0.5) is 5.69 Å². The van der Waals surface area contributed by atoms with Crippen LogP contribution in [0.15, 0.2) is 6.20 Å². The van der Waals surface area contributed by atoms with Gasteiger partial charge in [0.15, 0.2) is 0 Å². The summed E-state index contributed by atoms with van der Waals surface area (Å²) in [6.07, 6.45) is 9.53. The van der Waals surface area contributed by atoms with Crippen LogP contribution in [0.25, 0.3) is 0 Å². The molecular weight excluding hydrogens is 376 g/mol. The molecule has 8 nitrogen and oxygen atoms in total. The van der Waals surface area contributed by atoms with Crippen molar-refractivity contribution in [1.82, 2.24) is 14.5 Å². The number of hydrogen-bond acceptors (Lipinski definition) is 5. The molecule has 10 heteroatoms. The van der Waals surface area contributed by atoms with Crippen molar-refractivity contribution in [3.05, 3.63) is 11.9 Å². The molecule has 148 valence electrons. The molecule has 0 bridgehead atoms. The lowest BCUT2D eigenvalue weighted by atomic mass is 9.91. The van der Waals surface area contributed by atoms with Crippen LogP contribution in [0.2, 0.25) is 0 Å². The highest BCUT2D eigenvalue weighted by Crippen LogP contribution is 2.33. The molecule has 0 radical (unpaired) electrons. The second kappa shape index (κ2) is 7.85. The molecule has 1 aliphatic heterocycles. The number of anilines is 1. The molecule has 26 heavy (non-hydrogen) atoms. The maximum atomic E-state index is 12.9. The molecule has 1 aromatic rings. The molecule has 3 rings (SSSR count). The third-order valence-corrected chi connectivity index (χ3v) is 7.92. The third kappa shape index (κ3) is 4.98. The Balaban J connectivity index is 1.70. The highest BCUT2D eigenvalue weighted by atomic mass is 32.2. The Labute approximate surface area is 155 Å². The van der Waals surface area contributed by atoms with Crippen molar-refractivity contribution in [2.75, 3.05) is 29.8 Å². The number of aromatic nitrogens is 2. The number of aromatic amines is 1. The minimum Gasteiger partial charge on any atom is -0.280 e. The van der Waals surface area contributed by atoms with E-state index in [-0.39, 0.29) is 17.6 Å². The van der Waals surface area contributed by atoms with E-state index in [9.17, 15) is 16.8 Å². The molecule has 1 saturated heterocycles. The van der Waals surface area contributed by atoms with Gasteiger partial charge in [0.1, 0.15) is 0 Å². The van der Waals surface area contributed by atoms with Gasteiger partial charge >= 0.3 is 0 Å². The van der Waals surface area contributed by atoms with Crippen LogP contribution in [-0.2, 0) is 20.0 Å². The monoisotopic (exact) mass is 404 g/mol. The average molecular weight is 405 g/mol. The SMILES string of the molecule is CS(=O)(=O)Nc1cn[nH]c1C1CCCN(S(=O)(=O)CC2CCCCC2)C1. The van der Waals surface area contributed by atoms with Gasteiger partial charge in [0.25, 0.3) is 0 Å². The number of nitrogens with one attached hydrogen (secondary N) is 2. The molecule has 1 aromatic heterocycles. The first-order valence-electron chi connectivity index (χ1n) is 9.23. The fourth-order valence-corrected chi connectivity index (χ4v) is 6.59. The average Bonchev–Trinajstić information content (AvgIpc) is 3.01. The minimum absolute atomic E-state index is 0.0865. The summed E-state index contributed by atoms with van der Waals surface area (Å²) in [4.78, 5) is 0. The first-order chi connectivity index (χ1) is 12.2. The Morgan fingerprint density at radius 3 is 2.58 bits per heavy atom. The van der Waals surface area contributed by atoms with Gasteiger partial charge in [0.2, 0.25) is 20.0 Å². The van der Waals surface area contributed by atoms with Gasteiger partial charge in [0.05, 0.1) is 29.6 Å². The van der Waals surface area contributed by atoms with Gasteiger partial charge in [-0.15, -0.1) is 0 Å². The van der Waals surface area contributed by atoms with Crippen LogP contribution in [0, 0.1) is 5.92 Å². The van der Waals surface area contributed by atoms with Crippen molar-refractivity contribution >= 4 is 25.7 Å². The van der Waals surface area contributed by atoms with Crippen molar-refractivity contribution in [1.29, 1.82) is 0 Å². The lowest BCUT2D eigenvalue weighted by molar-refractivity contribution is 0.305. The summed E-state index contributed by atoms with van der Waals surface area (Å²) < 4.78 is 52.8. The van der Waals surface area contributed by atoms with Crippen LogP contribution in [0.1, 0.15) is 56.6 Å². The van der Waals surface area contributed by atoms with Gasteiger partial charge in [0, 0.05) is 19.0 Å². The summed E-state index contributed by atoms with van der Waals surface area (Å²) in [6, 6.07) is 0. The van der Waals surface area contributed by atoms with Gasteiger partial charge < -0.3 is 0 Å². The summed E-state index contributed by atoms with van der Waals surface area (Å²) >= 11 is 0. The van der Waals surface area contributed by atoms with Crippen molar-refractivity contribution in [3.8, 4) is 0 Å². The van der Waals surface area contributed by atoms with E-state index in [2.05, 4.69) is 14.9 Å². The van der Waals surface area contributed by atoms with Gasteiger partial charge in [-0.1, -0.05) is 19.3 Å². The molecule has 0 aromatic carbocycles. The van der Waals surface area contributed by atoms with E-state index in [1.165, 1.54) is 12.6 Å². The predicted molar refractivity (Wildman–Crippen MR) is 101 cm³/mol. The fourth-order valence-electron chi connectivity index (χ4n) is 4.08. The Morgan fingerprint density at radius 1 is 1.15 bits per heavy atom. The van der Waals surface area contributed by atoms with E-state index in [1.54, 1.807) is 4.31 Å². The molecule has 2 aliphatic rings. The summed E-state index contributed by atoms with van der Waals surface area (Å²) in [6.45, 7) is 0.907. The van der Waals surface area contributed by atoms with Crippen LogP contribution in [0.5, 0.6) is 0 Å². The van der Waals surface area contributed by atoms with Gasteiger partial charge in [-0.05, 0) is 31.6 Å². The largest absolute Gasteiger partial charge is 0.280 e. The highest BCUT2D eigenvalue weighted by molar-refractivity contribution is 7.92. The second-order valence-electron chi connectivity index (χ2n) is 7.55. The Bertz CT molecular complexity index is 813. The molecular formula is C16H28N4O4S2. The number of hydrogen-bond donors (Lipinski definition) is 2. The quantitative estimate of drug-likeness (QED) is 0.752. The van der Waals surface area contributed by atoms with Crippen molar-refractivity contribution in [2.45, 2.75) is 50.9 Å². The molecule has 1 saturated carbocycles. The lowest BCUT2D eigenvalue weighted by Gasteiger charge is -2.33. The number of sulfonamides is 2. The topological polar surface area (TPSA) is 112 Å². The first kappa shape index (κ1) is 19.6. The highest BCUT2D eigenvalue weighted by Gasteiger charge is 2.33. The smallest absolute Gasteiger partial charge is 0.229 e. The molecule has 2 N–H and O–H groups in total. The molecule has 0 amide bonds. The van der Waals surface area contributed by atoms with Crippen LogP contribution < -0.4 is 4.72 Å². The van der Waals surface area contributed by atoms with E-state index in [1.807, 2.05) is 0 Å². The molecule has 2 heterocycles. The Kier molecular flexibility index (Phi) is 5.93. The third-order valence-electron chi connectivity index (χ3n) is 5.32. The van der Waals surface area contributed by atoms with Crippen LogP contribution in [0.3, 0.4) is 0 Å². The molecule has 2 fully saturated rings. The van der Waals surface area contributed by atoms with Gasteiger partial charge in [-0.25, -0.2) is 21.1 Å². The summed E-state index contributed by atoms with van der Waals surface area (Å²) in [5.41, 5.74) is 1.07. The molecule has 0 spiro atoms. The predicted octanol–water partition coefficient (Wildman–Crippen LogP) is 1.87. The van der Waals surface area contributed by atoms with E-state index in [0.29, 0.717) is 24.5 Å². The number of nitrogens with zero attached hydrogens (tertiary/aromatic N) is 2. The maximum absolute atomic E-state index is 12.9. The number of piperidine rings is 1. The zero-order valence-corrected chi connectivity index (χ0v) is 16.8. The van der Waals surface area contributed by atoms with E-state index >= 15 is 0 Å². The maximum Gasteiger partial charge on any atom is 0.229 e. The lowest BCUT2D eigenvalue weighted by Crippen LogP contribution is -2.42. The van der Waals surface area contributed by atoms with Crippen molar-refractivity contribution in [3.63, 3.8) is 0 Å². The van der Waals surface area contributed by atoms with Gasteiger partial charge in [-0.3, -0.25) is 9.82 Å². The second-order valence-corrected chi connectivity index (χ2v) is 11.3. The van der Waals surface area contributed by atoms with E-state index in [0.717, 1.165) is 44.8 Å². The minimum atomic E-state index is -3.41. The Morgan fingerprint density at radius 2 is 1.88 bits per heavy atom. The normalized spacial score (nSPS) is 23.8. The first-order valence-corrected chi connectivity index (χ1v) is 12.7. The molecule has 1 aliphatic carbocycles.